The number of rotatable bonds is 3. The van der Waals surface area contributed by atoms with Gasteiger partial charge in [0.05, 0.1) is 11.3 Å². The molecule has 0 aliphatic rings. The van der Waals surface area contributed by atoms with E-state index in [1.807, 2.05) is 36.4 Å². The quantitative estimate of drug-likeness (QED) is 0.891. The summed E-state index contributed by atoms with van der Waals surface area (Å²) in [5, 5.41) is 14.1. The molecule has 0 heterocycles. The first-order valence-corrected chi connectivity index (χ1v) is 6.08. The van der Waals surface area contributed by atoms with Crippen LogP contribution in [0.25, 0.3) is 6.08 Å². The standard InChI is InChI=1S/C16H13N3O/c17-12-14-8-4-5-9-15(14)19-16(20)18-11-10-13-6-2-1-3-7-13/h1-11H,(H2,18,19,20)/b11-10+. The molecule has 2 aromatic rings. The van der Waals surface area contributed by atoms with Crippen molar-refractivity contribution in [3.63, 3.8) is 0 Å². The van der Waals surface area contributed by atoms with Crippen molar-refractivity contribution in [2.24, 2.45) is 0 Å². The maximum absolute atomic E-state index is 11.7. The molecule has 2 N–H and O–H groups in total. The van der Waals surface area contributed by atoms with Gasteiger partial charge < -0.3 is 10.6 Å². The summed E-state index contributed by atoms with van der Waals surface area (Å²) in [4.78, 5) is 11.7. The zero-order valence-electron chi connectivity index (χ0n) is 10.7. The summed E-state index contributed by atoms with van der Waals surface area (Å²) in [6.07, 6.45) is 3.34. The van der Waals surface area contributed by atoms with Gasteiger partial charge in [0.2, 0.25) is 0 Å². The van der Waals surface area contributed by atoms with Crippen LogP contribution in [0, 0.1) is 11.3 Å². The van der Waals surface area contributed by atoms with Gasteiger partial charge in [0, 0.05) is 6.20 Å². The SMILES string of the molecule is N#Cc1ccccc1NC(=O)N/C=C/c1ccccc1. The third-order valence-electron chi connectivity index (χ3n) is 2.59. The number of carbonyl (C=O) groups excluding carboxylic acids is 1. The number of hydrogen-bond acceptors (Lipinski definition) is 2. The minimum Gasteiger partial charge on any atom is -0.314 e. The summed E-state index contributed by atoms with van der Waals surface area (Å²) in [6.45, 7) is 0. The number of amides is 2. The molecular formula is C16H13N3O. The number of nitriles is 1. The van der Waals surface area contributed by atoms with Crippen LogP contribution < -0.4 is 10.6 Å². The van der Waals surface area contributed by atoms with Gasteiger partial charge in [0.15, 0.2) is 0 Å². The van der Waals surface area contributed by atoms with E-state index in [-0.39, 0.29) is 6.03 Å². The largest absolute Gasteiger partial charge is 0.323 e. The number of urea groups is 1. The van der Waals surface area contributed by atoms with Crippen molar-refractivity contribution in [1.29, 1.82) is 5.26 Å². The highest BCUT2D eigenvalue weighted by atomic mass is 16.2. The van der Waals surface area contributed by atoms with Gasteiger partial charge in [-0.05, 0) is 23.8 Å². The van der Waals surface area contributed by atoms with Crippen LogP contribution in [0.2, 0.25) is 0 Å². The second-order valence-electron chi connectivity index (χ2n) is 4.00. The van der Waals surface area contributed by atoms with Gasteiger partial charge in [-0.15, -0.1) is 0 Å². The fraction of sp³-hybridized carbons (Fsp3) is 0. The third kappa shape index (κ3) is 3.72. The van der Waals surface area contributed by atoms with Crippen LogP contribution in [0.5, 0.6) is 0 Å². The van der Waals surface area contributed by atoms with Crippen LogP contribution in [0.3, 0.4) is 0 Å². The Labute approximate surface area is 117 Å². The molecule has 4 heteroatoms. The molecule has 20 heavy (non-hydrogen) atoms. The number of nitrogens with one attached hydrogen (secondary N) is 2. The Hall–Kier alpha value is -3.06. The summed E-state index contributed by atoms with van der Waals surface area (Å²) in [6, 6.07) is 18.1. The van der Waals surface area contributed by atoms with Crippen LogP contribution in [0.1, 0.15) is 11.1 Å². The minimum absolute atomic E-state index is 0.389. The molecule has 0 bridgehead atoms. The molecule has 0 radical (unpaired) electrons. The predicted molar refractivity (Wildman–Crippen MR) is 78.8 cm³/mol. The van der Waals surface area contributed by atoms with Gasteiger partial charge in [-0.1, -0.05) is 42.5 Å². The summed E-state index contributed by atoms with van der Waals surface area (Å²) in [5.41, 5.74) is 1.90. The molecule has 0 atom stereocenters. The molecule has 2 amide bonds. The van der Waals surface area contributed by atoms with Crippen molar-refractivity contribution in [2.45, 2.75) is 0 Å². The van der Waals surface area contributed by atoms with Gasteiger partial charge in [0.1, 0.15) is 6.07 Å². The van der Waals surface area contributed by atoms with Crippen molar-refractivity contribution in [3.8, 4) is 6.07 Å². The fourth-order valence-corrected chi connectivity index (χ4v) is 1.63. The van der Waals surface area contributed by atoms with Crippen LogP contribution in [-0.2, 0) is 0 Å². The zero-order valence-corrected chi connectivity index (χ0v) is 10.7. The van der Waals surface area contributed by atoms with Crippen LogP contribution in [0.4, 0.5) is 10.5 Å². The molecule has 2 rings (SSSR count). The Morgan fingerprint density at radius 3 is 2.50 bits per heavy atom. The molecule has 0 aliphatic carbocycles. The highest BCUT2D eigenvalue weighted by Gasteiger charge is 2.03. The lowest BCUT2D eigenvalue weighted by molar-refractivity contribution is 0.255. The lowest BCUT2D eigenvalue weighted by Crippen LogP contribution is -2.24. The van der Waals surface area contributed by atoms with Gasteiger partial charge in [-0.2, -0.15) is 5.26 Å². The van der Waals surface area contributed by atoms with Crippen molar-refractivity contribution < 1.29 is 4.79 Å². The molecular weight excluding hydrogens is 250 g/mol. The number of anilines is 1. The smallest absolute Gasteiger partial charge is 0.314 e. The van der Waals surface area contributed by atoms with E-state index < -0.39 is 0 Å². The Morgan fingerprint density at radius 2 is 1.75 bits per heavy atom. The van der Waals surface area contributed by atoms with Crippen LogP contribution in [0.15, 0.2) is 60.8 Å². The molecule has 2 aromatic carbocycles. The first-order chi connectivity index (χ1) is 9.79. The maximum Gasteiger partial charge on any atom is 0.323 e. The summed E-state index contributed by atoms with van der Waals surface area (Å²) in [7, 11) is 0. The average molecular weight is 263 g/mol. The van der Waals surface area contributed by atoms with Crippen LogP contribution in [-0.4, -0.2) is 6.03 Å². The van der Waals surface area contributed by atoms with E-state index in [0.717, 1.165) is 5.56 Å². The molecule has 0 unspecified atom stereocenters. The van der Waals surface area contributed by atoms with E-state index in [1.165, 1.54) is 0 Å². The lowest BCUT2D eigenvalue weighted by Gasteiger charge is -2.05. The van der Waals surface area contributed by atoms with E-state index in [2.05, 4.69) is 10.6 Å². The van der Waals surface area contributed by atoms with E-state index in [0.29, 0.717) is 11.3 Å². The fourth-order valence-electron chi connectivity index (χ4n) is 1.63. The second kappa shape index (κ2) is 6.76. The van der Waals surface area contributed by atoms with Crippen molar-refractivity contribution in [3.05, 3.63) is 71.9 Å². The average Bonchev–Trinajstić information content (AvgIpc) is 2.49. The number of nitrogens with zero attached hydrogens (tertiary/aromatic N) is 1. The number of benzene rings is 2. The van der Waals surface area contributed by atoms with Crippen molar-refractivity contribution in [1.82, 2.24) is 5.32 Å². The molecule has 4 nitrogen and oxygen atoms in total. The Bertz CT molecular complexity index is 657. The van der Waals surface area contributed by atoms with E-state index in [4.69, 9.17) is 5.26 Å². The molecule has 0 aliphatic heterocycles. The summed E-state index contributed by atoms with van der Waals surface area (Å²) in [5.74, 6) is 0. The minimum atomic E-state index is -0.389. The van der Waals surface area contributed by atoms with Gasteiger partial charge in [0.25, 0.3) is 0 Å². The van der Waals surface area contributed by atoms with Gasteiger partial charge >= 0.3 is 6.03 Å². The summed E-state index contributed by atoms with van der Waals surface area (Å²) >= 11 is 0. The highest BCUT2D eigenvalue weighted by Crippen LogP contribution is 2.12. The second-order valence-corrected chi connectivity index (χ2v) is 4.00. The predicted octanol–water partition coefficient (Wildman–Crippen LogP) is 3.35. The normalized spacial score (nSPS) is 9.95. The lowest BCUT2D eigenvalue weighted by atomic mass is 10.2. The monoisotopic (exact) mass is 263 g/mol. The first-order valence-electron chi connectivity index (χ1n) is 6.08. The van der Waals surface area contributed by atoms with Crippen molar-refractivity contribution in [2.75, 3.05) is 5.32 Å². The zero-order chi connectivity index (χ0) is 14.2. The van der Waals surface area contributed by atoms with E-state index in [1.54, 1.807) is 36.5 Å². The number of carbonyl (C=O) groups is 1. The third-order valence-corrected chi connectivity index (χ3v) is 2.59. The van der Waals surface area contributed by atoms with Gasteiger partial charge in [-0.3, -0.25) is 0 Å². The highest BCUT2D eigenvalue weighted by molar-refractivity contribution is 5.91. The van der Waals surface area contributed by atoms with E-state index >= 15 is 0 Å². The van der Waals surface area contributed by atoms with Crippen molar-refractivity contribution >= 4 is 17.8 Å². The first kappa shape index (κ1) is 13.4. The Morgan fingerprint density at radius 1 is 1.05 bits per heavy atom. The molecule has 0 saturated carbocycles. The molecule has 98 valence electrons. The Kier molecular flexibility index (Phi) is 4.52. The number of para-hydroxylation sites is 1. The topological polar surface area (TPSA) is 64.9 Å². The summed E-state index contributed by atoms with van der Waals surface area (Å²) < 4.78 is 0. The molecule has 0 saturated heterocycles. The number of hydrogen-bond donors (Lipinski definition) is 2. The molecule has 0 fully saturated rings. The Balaban J connectivity index is 1.93. The molecule has 0 spiro atoms. The molecule has 0 aromatic heterocycles. The van der Waals surface area contributed by atoms with E-state index in [9.17, 15) is 4.79 Å². The van der Waals surface area contributed by atoms with Crippen LogP contribution >= 0.6 is 0 Å². The maximum atomic E-state index is 11.7. The van der Waals surface area contributed by atoms with Gasteiger partial charge in [-0.25, -0.2) is 4.79 Å².